The summed E-state index contributed by atoms with van der Waals surface area (Å²) in [6.07, 6.45) is 1.61. The lowest BCUT2D eigenvalue weighted by Gasteiger charge is -2.17. The van der Waals surface area contributed by atoms with Gasteiger partial charge in [0.1, 0.15) is 0 Å². The second kappa shape index (κ2) is 7.23. The fourth-order valence-electron chi connectivity index (χ4n) is 1.19. The van der Waals surface area contributed by atoms with Gasteiger partial charge in [0.2, 0.25) is 5.91 Å². The van der Waals surface area contributed by atoms with Gasteiger partial charge in [0.05, 0.1) is 6.04 Å². The van der Waals surface area contributed by atoms with Crippen LogP contribution >= 0.6 is 0 Å². The van der Waals surface area contributed by atoms with Crippen LogP contribution in [0.4, 0.5) is 0 Å². The maximum Gasteiger partial charge on any atom is 0.303 e. The molecule has 5 heteroatoms. The number of nitrogens with one attached hydrogen (secondary N) is 1. The zero-order chi connectivity index (χ0) is 11.8. The zero-order valence-electron chi connectivity index (χ0n) is 9.62. The van der Waals surface area contributed by atoms with E-state index in [1.807, 2.05) is 0 Å². The van der Waals surface area contributed by atoms with Crippen molar-refractivity contribution in [3.8, 4) is 0 Å². The second-order valence-electron chi connectivity index (χ2n) is 3.76. The Hall–Kier alpha value is -1.10. The number of rotatable bonds is 7. The molecule has 88 valence electrons. The number of nitrogens with zero attached hydrogens (tertiary/aromatic N) is 1. The number of carbonyl (C=O) groups is 2. The van der Waals surface area contributed by atoms with E-state index >= 15 is 0 Å². The summed E-state index contributed by atoms with van der Waals surface area (Å²) >= 11 is 0. The number of hydrogen-bond donors (Lipinski definition) is 2. The van der Waals surface area contributed by atoms with Gasteiger partial charge in [0.25, 0.3) is 0 Å². The minimum absolute atomic E-state index is 0.0354. The van der Waals surface area contributed by atoms with Crippen molar-refractivity contribution >= 4 is 11.9 Å². The van der Waals surface area contributed by atoms with Crippen LogP contribution in [0.3, 0.4) is 0 Å². The molecule has 0 spiro atoms. The van der Waals surface area contributed by atoms with Crippen LogP contribution in [0.15, 0.2) is 0 Å². The van der Waals surface area contributed by atoms with Gasteiger partial charge in [0, 0.05) is 20.5 Å². The highest BCUT2D eigenvalue weighted by Crippen LogP contribution is 1.95. The molecule has 0 aliphatic carbocycles. The Kier molecular flexibility index (Phi) is 6.70. The van der Waals surface area contributed by atoms with Gasteiger partial charge in [-0.3, -0.25) is 9.59 Å². The van der Waals surface area contributed by atoms with Crippen LogP contribution < -0.4 is 5.32 Å². The first-order valence-electron chi connectivity index (χ1n) is 5.11. The first kappa shape index (κ1) is 13.9. The van der Waals surface area contributed by atoms with Crippen molar-refractivity contribution in [1.82, 2.24) is 10.2 Å². The highest BCUT2D eigenvalue weighted by atomic mass is 16.4. The number of carbonyl (C=O) groups excluding carboxylic acids is 1. The van der Waals surface area contributed by atoms with E-state index in [0.717, 1.165) is 6.42 Å². The number of aliphatic carboxylic acids is 1. The number of amides is 1. The SMILES string of the molecule is CC(NCCCCC(=O)O)C(=O)N(C)C. The van der Waals surface area contributed by atoms with E-state index in [9.17, 15) is 9.59 Å². The number of unbranched alkanes of at least 4 members (excludes halogenated alkanes) is 1. The largest absolute Gasteiger partial charge is 0.481 e. The van der Waals surface area contributed by atoms with Crippen molar-refractivity contribution in [2.45, 2.75) is 32.2 Å². The Labute approximate surface area is 90.5 Å². The van der Waals surface area contributed by atoms with Gasteiger partial charge in [-0.05, 0) is 26.3 Å². The van der Waals surface area contributed by atoms with E-state index in [0.29, 0.717) is 13.0 Å². The van der Waals surface area contributed by atoms with Crippen LogP contribution in [0.2, 0.25) is 0 Å². The number of hydrogen-bond acceptors (Lipinski definition) is 3. The monoisotopic (exact) mass is 216 g/mol. The predicted molar refractivity (Wildman–Crippen MR) is 57.6 cm³/mol. The average molecular weight is 216 g/mol. The molecule has 0 aromatic rings. The minimum Gasteiger partial charge on any atom is -0.481 e. The molecule has 0 heterocycles. The Balaban J connectivity index is 3.51. The summed E-state index contributed by atoms with van der Waals surface area (Å²) in [4.78, 5) is 23.1. The van der Waals surface area contributed by atoms with Crippen molar-refractivity contribution in [2.75, 3.05) is 20.6 Å². The highest BCUT2D eigenvalue weighted by Gasteiger charge is 2.12. The molecule has 0 aliphatic heterocycles. The standard InChI is InChI=1S/C10H20N2O3/c1-8(10(15)12(2)3)11-7-5-4-6-9(13)14/h8,11H,4-7H2,1-3H3,(H,13,14). The van der Waals surface area contributed by atoms with Crippen molar-refractivity contribution in [3.05, 3.63) is 0 Å². The van der Waals surface area contributed by atoms with Crippen LogP contribution in [0, 0.1) is 0 Å². The quantitative estimate of drug-likeness (QED) is 0.601. The third-order valence-electron chi connectivity index (χ3n) is 2.08. The van der Waals surface area contributed by atoms with Crippen LogP contribution in [-0.2, 0) is 9.59 Å². The lowest BCUT2D eigenvalue weighted by molar-refractivity contribution is -0.137. The van der Waals surface area contributed by atoms with E-state index in [1.54, 1.807) is 21.0 Å². The first-order valence-corrected chi connectivity index (χ1v) is 5.11. The molecular formula is C10H20N2O3. The summed E-state index contributed by atoms with van der Waals surface area (Å²) in [5.41, 5.74) is 0. The number of carboxylic acid groups (broad SMARTS) is 1. The summed E-state index contributed by atoms with van der Waals surface area (Å²) in [6.45, 7) is 2.48. The molecule has 0 aromatic carbocycles. The highest BCUT2D eigenvalue weighted by molar-refractivity contribution is 5.80. The molecule has 0 aliphatic rings. The van der Waals surface area contributed by atoms with Gasteiger partial charge in [-0.25, -0.2) is 0 Å². The molecule has 1 unspecified atom stereocenters. The van der Waals surface area contributed by atoms with Gasteiger partial charge in [-0.2, -0.15) is 0 Å². The summed E-state index contributed by atoms with van der Waals surface area (Å²) in [7, 11) is 3.43. The van der Waals surface area contributed by atoms with Gasteiger partial charge in [0.15, 0.2) is 0 Å². The average Bonchev–Trinajstić information content (AvgIpc) is 2.15. The van der Waals surface area contributed by atoms with Gasteiger partial charge >= 0.3 is 5.97 Å². The van der Waals surface area contributed by atoms with Crippen molar-refractivity contribution < 1.29 is 14.7 Å². The van der Waals surface area contributed by atoms with Gasteiger partial charge < -0.3 is 15.3 Å². The summed E-state index contributed by atoms with van der Waals surface area (Å²) in [6, 6.07) is -0.204. The van der Waals surface area contributed by atoms with E-state index in [4.69, 9.17) is 5.11 Å². The summed E-state index contributed by atoms with van der Waals surface area (Å²) in [5.74, 6) is -0.736. The molecule has 0 aromatic heterocycles. The Bertz CT molecular complexity index is 217. The third-order valence-corrected chi connectivity index (χ3v) is 2.08. The van der Waals surface area contributed by atoms with E-state index in [1.165, 1.54) is 4.90 Å². The molecule has 0 saturated carbocycles. The van der Waals surface area contributed by atoms with E-state index < -0.39 is 5.97 Å². The van der Waals surface area contributed by atoms with Gasteiger partial charge in [-0.1, -0.05) is 0 Å². The predicted octanol–water partition coefficient (Wildman–Crippen LogP) is 0.308. The molecular weight excluding hydrogens is 196 g/mol. The Morgan fingerprint density at radius 1 is 1.33 bits per heavy atom. The smallest absolute Gasteiger partial charge is 0.303 e. The van der Waals surface area contributed by atoms with E-state index in [-0.39, 0.29) is 18.4 Å². The maximum absolute atomic E-state index is 11.4. The third kappa shape index (κ3) is 6.90. The molecule has 0 rings (SSSR count). The summed E-state index contributed by atoms with van der Waals surface area (Å²) in [5, 5.41) is 11.5. The topological polar surface area (TPSA) is 69.6 Å². The minimum atomic E-state index is -0.771. The Morgan fingerprint density at radius 2 is 1.93 bits per heavy atom. The normalized spacial score (nSPS) is 12.2. The molecule has 5 nitrogen and oxygen atoms in total. The molecule has 1 amide bonds. The lowest BCUT2D eigenvalue weighted by atomic mass is 10.2. The molecule has 1 atom stereocenters. The zero-order valence-corrected chi connectivity index (χ0v) is 9.62. The first-order chi connectivity index (χ1) is 6.95. The van der Waals surface area contributed by atoms with Crippen molar-refractivity contribution in [2.24, 2.45) is 0 Å². The van der Waals surface area contributed by atoms with Gasteiger partial charge in [-0.15, -0.1) is 0 Å². The maximum atomic E-state index is 11.4. The second-order valence-corrected chi connectivity index (χ2v) is 3.76. The van der Waals surface area contributed by atoms with Crippen LogP contribution in [-0.4, -0.2) is 48.6 Å². The van der Waals surface area contributed by atoms with Crippen molar-refractivity contribution in [3.63, 3.8) is 0 Å². The van der Waals surface area contributed by atoms with Crippen LogP contribution in [0.5, 0.6) is 0 Å². The summed E-state index contributed by atoms with van der Waals surface area (Å²) < 4.78 is 0. The molecule has 15 heavy (non-hydrogen) atoms. The molecule has 0 radical (unpaired) electrons. The lowest BCUT2D eigenvalue weighted by Crippen LogP contribution is -2.41. The molecule has 0 saturated heterocycles. The number of carboxylic acids is 1. The fraction of sp³-hybridized carbons (Fsp3) is 0.800. The van der Waals surface area contributed by atoms with Crippen LogP contribution in [0.25, 0.3) is 0 Å². The van der Waals surface area contributed by atoms with Crippen molar-refractivity contribution in [1.29, 1.82) is 0 Å². The van der Waals surface area contributed by atoms with Crippen LogP contribution in [0.1, 0.15) is 26.2 Å². The molecule has 2 N–H and O–H groups in total. The molecule has 0 bridgehead atoms. The molecule has 0 fully saturated rings. The number of likely N-dealkylation sites (N-methyl/N-ethyl adjacent to an activating group) is 1. The fourth-order valence-corrected chi connectivity index (χ4v) is 1.19. The van der Waals surface area contributed by atoms with E-state index in [2.05, 4.69) is 5.32 Å². The Morgan fingerprint density at radius 3 is 2.40 bits per heavy atom.